The smallest absolute Gasteiger partial charge is 0.277 e. The standard InChI is InChI=1S/C18H17N3O4S/c1-11-8-14(26(19,23)24)9-15(12(11)2)20-18(22)16-10-17(25-21-16)13-6-4-3-5-7-13/h3-10H,1-2H3,(H,20,22)(H2,19,23,24). The Morgan fingerprint density at radius 2 is 1.81 bits per heavy atom. The molecule has 2 aromatic carbocycles. The second kappa shape index (κ2) is 6.74. The van der Waals surface area contributed by atoms with Crippen LogP contribution in [0.4, 0.5) is 5.69 Å². The van der Waals surface area contributed by atoms with Gasteiger partial charge in [0.15, 0.2) is 11.5 Å². The van der Waals surface area contributed by atoms with Crippen LogP contribution >= 0.6 is 0 Å². The van der Waals surface area contributed by atoms with Gasteiger partial charge in [0.25, 0.3) is 5.91 Å². The van der Waals surface area contributed by atoms with E-state index in [9.17, 15) is 13.2 Å². The average Bonchev–Trinajstić information content (AvgIpc) is 3.09. The van der Waals surface area contributed by atoms with E-state index in [1.165, 1.54) is 18.2 Å². The van der Waals surface area contributed by atoms with Gasteiger partial charge in [0.05, 0.1) is 4.90 Å². The summed E-state index contributed by atoms with van der Waals surface area (Å²) in [5.74, 6) is -0.0491. The van der Waals surface area contributed by atoms with Gasteiger partial charge in [-0.2, -0.15) is 0 Å². The van der Waals surface area contributed by atoms with Gasteiger partial charge in [-0.25, -0.2) is 13.6 Å². The largest absolute Gasteiger partial charge is 0.355 e. The second-order valence-corrected chi connectivity index (χ2v) is 7.42. The molecule has 7 nitrogen and oxygen atoms in total. The second-order valence-electron chi connectivity index (χ2n) is 5.85. The molecule has 26 heavy (non-hydrogen) atoms. The molecule has 0 bridgehead atoms. The first-order valence-electron chi connectivity index (χ1n) is 7.73. The summed E-state index contributed by atoms with van der Waals surface area (Å²) in [7, 11) is -3.88. The number of amides is 1. The van der Waals surface area contributed by atoms with Crippen molar-refractivity contribution in [2.45, 2.75) is 18.7 Å². The van der Waals surface area contributed by atoms with Gasteiger partial charge in [-0.3, -0.25) is 4.79 Å². The molecule has 0 radical (unpaired) electrons. The van der Waals surface area contributed by atoms with E-state index in [0.717, 1.165) is 11.1 Å². The first kappa shape index (κ1) is 17.8. The lowest BCUT2D eigenvalue weighted by Crippen LogP contribution is -2.16. The highest BCUT2D eigenvalue weighted by Crippen LogP contribution is 2.25. The Kier molecular flexibility index (Phi) is 4.62. The lowest BCUT2D eigenvalue weighted by atomic mass is 10.1. The predicted octanol–water partition coefficient (Wildman–Crippen LogP) is 2.86. The number of nitrogens with one attached hydrogen (secondary N) is 1. The van der Waals surface area contributed by atoms with E-state index in [4.69, 9.17) is 9.66 Å². The normalized spacial score (nSPS) is 11.3. The first-order chi connectivity index (χ1) is 12.3. The molecule has 0 saturated heterocycles. The molecule has 0 spiro atoms. The van der Waals surface area contributed by atoms with Crippen LogP contribution in [-0.2, 0) is 10.0 Å². The van der Waals surface area contributed by atoms with Crippen LogP contribution in [0.3, 0.4) is 0 Å². The number of aryl methyl sites for hydroxylation is 1. The van der Waals surface area contributed by atoms with Crippen LogP contribution in [0.15, 0.2) is 57.9 Å². The highest BCUT2D eigenvalue weighted by molar-refractivity contribution is 7.89. The third-order valence-electron chi connectivity index (χ3n) is 4.02. The molecule has 0 atom stereocenters. The SMILES string of the molecule is Cc1cc(S(N)(=O)=O)cc(NC(=O)c2cc(-c3ccccc3)on2)c1C. The van der Waals surface area contributed by atoms with Crippen LogP contribution < -0.4 is 10.5 Å². The number of hydrogen-bond acceptors (Lipinski definition) is 5. The minimum atomic E-state index is -3.88. The zero-order chi connectivity index (χ0) is 18.9. The van der Waals surface area contributed by atoms with E-state index in [1.807, 2.05) is 30.3 Å². The molecule has 0 aliphatic rings. The topological polar surface area (TPSA) is 115 Å². The quantitative estimate of drug-likeness (QED) is 0.732. The van der Waals surface area contributed by atoms with Crippen LogP contribution in [0.1, 0.15) is 21.6 Å². The molecule has 134 valence electrons. The van der Waals surface area contributed by atoms with Crippen molar-refractivity contribution in [2.75, 3.05) is 5.32 Å². The number of nitrogens with zero attached hydrogens (tertiary/aromatic N) is 1. The number of sulfonamides is 1. The Morgan fingerprint density at radius 3 is 2.46 bits per heavy atom. The van der Waals surface area contributed by atoms with E-state index in [2.05, 4.69) is 10.5 Å². The molecule has 0 unspecified atom stereocenters. The first-order valence-corrected chi connectivity index (χ1v) is 9.28. The summed E-state index contributed by atoms with van der Waals surface area (Å²) in [6.07, 6.45) is 0. The fourth-order valence-electron chi connectivity index (χ4n) is 2.43. The van der Waals surface area contributed by atoms with Gasteiger partial charge in [-0.1, -0.05) is 35.5 Å². The Morgan fingerprint density at radius 1 is 1.12 bits per heavy atom. The molecule has 0 aliphatic carbocycles. The lowest BCUT2D eigenvalue weighted by molar-refractivity contribution is 0.101. The molecule has 0 aliphatic heterocycles. The molecule has 0 saturated carbocycles. The number of carbonyl (C=O) groups is 1. The molecule has 1 aromatic heterocycles. The van der Waals surface area contributed by atoms with Crippen molar-refractivity contribution in [1.29, 1.82) is 0 Å². The van der Waals surface area contributed by atoms with E-state index in [-0.39, 0.29) is 10.6 Å². The number of benzene rings is 2. The zero-order valence-corrected chi connectivity index (χ0v) is 15.0. The van der Waals surface area contributed by atoms with Gasteiger partial charge in [0, 0.05) is 17.3 Å². The van der Waals surface area contributed by atoms with Crippen LogP contribution in [-0.4, -0.2) is 19.5 Å². The zero-order valence-electron chi connectivity index (χ0n) is 14.2. The molecule has 3 N–H and O–H groups in total. The number of aromatic nitrogens is 1. The summed E-state index contributed by atoms with van der Waals surface area (Å²) in [5.41, 5.74) is 2.65. The lowest BCUT2D eigenvalue weighted by Gasteiger charge is -2.11. The van der Waals surface area contributed by atoms with Crippen LogP contribution in [0.2, 0.25) is 0 Å². The van der Waals surface area contributed by atoms with Crippen molar-refractivity contribution < 1.29 is 17.7 Å². The van der Waals surface area contributed by atoms with Crippen LogP contribution in [0, 0.1) is 13.8 Å². The maximum atomic E-state index is 12.5. The molecule has 8 heteroatoms. The van der Waals surface area contributed by atoms with E-state index < -0.39 is 15.9 Å². The average molecular weight is 371 g/mol. The molecule has 3 rings (SSSR count). The van der Waals surface area contributed by atoms with Crippen molar-refractivity contribution >= 4 is 21.6 Å². The maximum Gasteiger partial charge on any atom is 0.277 e. The fourth-order valence-corrected chi connectivity index (χ4v) is 3.05. The number of rotatable bonds is 4. The van der Waals surface area contributed by atoms with Crippen molar-refractivity contribution in [1.82, 2.24) is 5.16 Å². The van der Waals surface area contributed by atoms with Crippen molar-refractivity contribution in [3.63, 3.8) is 0 Å². The third kappa shape index (κ3) is 3.66. The Labute approximate surface area is 150 Å². The van der Waals surface area contributed by atoms with Gasteiger partial charge in [0.1, 0.15) is 0 Å². The monoisotopic (exact) mass is 371 g/mol. The third-order valence-corrected chi connectivity index (χ3v) is 4.91. The minimum Gasteiger partial charge on any atom is -0.355 e. The molecule has 1 heterocycles. The highest BCUT2D eigenvalue weighted by Gasteiger charge is 2.17. The maximum absolute atomic E-state index is 12.5. The van der Waals surface area contributed by atoms with Crippen LogP contribution in [0.25, 0.3) is 11.3 Å². The van der Waals surface area contributed by atoms with Crippen molar-refractivity contribution in [3.8, 4) is 11.3 Å². The Hall–Kier alpha value is -2.97. The number of anilines is 1. The summed E-state index contributed by atoms with van der Waals surface area (Å²) >= 11 is 0. The van der Waals surface area contributed by atoms with Gasteiger partial charge in [0.2, 0.25) is 10.0 Å². The van der Waals surface area contributed by atoms with E-state index in [0.29, 0.717) is 17.0 Å². The molecule has 3 aromatic rings. The van der Waals surface area contributed by atoms with Crippen molar-refractivity contribution in [2.24, 2.45) is 5.14 Å². The van der Waals surface area contributed by atoms with Gasteiger partial charge in [-0.15, -0.1) is 0 Å². The van der Waals surface area contributed by atoms with Gasteiger partial charge in [-0.05, 0) is 37.1 Å². The van der Waals surface area contributed by atoms with Gasteiger partial charge >= 0.3 is 0 Å². The van der Waals surface area contributed by atoms with E-state index >= 15 is 0 Å². The number of nitrogens with two attached hydrogens (primary N) is 1. The highest BCUT2D eigenvalue weighted by atomic mass is 32.2. The van der Waals surface area contributed by atoms with Crippen molar-refractivity contribution in [3.05, 3.63) is 65.4 Å². The summed E-state index contributed by atoms with van der Waals surface area (Å²) in [5, 5.41) is 11.6. The molecular weight excluding hydrogens is 354 g/mol. The molecule has 1 amide bonds. The summed E-state index contributed by atoms with van der Waals surface area (Å²) in [6, 6.07) is 13.6. The van der Waals surface area contributed by atoms with E-state index in [1.54, 1.807) is 13.8 Å². The molecule has 0 fully saturated rings. The van der Waals surface area contributed by atoms with Crippen LogP contribution in [0.5, 0.6) is 0 Å². The predicted molar refractivity (Wildman–Crippen MR) is 97.2 cm³/mol. The minimum absolute atomic E-state index is 0.0685. The summed E-state index contributed by atoms with van der Waals surface area (Å²) in [4.78, 5) is 12.4. The fraction of sp³-hybridized carbons (Fsp3) is 0.111. The number of hydrogen-bond donors (Lipinski definition) is 2. The molecular formula is C18H17N3O4S. The van der Waals surface area contributed by atoms with Gasteiger partial charge < -0.3 is 9.84 Å². The summed E-state index contributed by atoms with van der Waals surface area (Å²) in [6.45, 7) is 3.51. The Balaban J connectivity index is 1.89. The number of carbonyl (C=O) groups excluding carboxylic acids is 1. The number of primary sulfonamides is 1. The summed E-state index contributed by atoms with van der Waals surface area (Å²) < 4.78 is 28.4. The Bertz CT molecular complexity index is 1070.